The van der Waals surface area contributed by atoms with Crippen molar-refractivity contribution in [3.8, 4) is 0 Å². The Hall–Kier alpha value is -2.29. The number of amides is 1. The molecule has 3 nitrogen and oxygen atoms in total. The van der Waals surface area contributed by atoms with Crippen LogP contribution >= 0.6 is 0 Å². The standard InChI is InChI=1S/C17H20N2O/c1-13-7-6-10-16(11-13)18-12-17(20)19-14(2)15-8-4-3-5-9-15/h3-11,14,18H,12H2,1-2H3,(H,19,20). The summed E-state index contributed by atoms with van der Waals surface area (Å²) in [7, 11) is 0. The minimum atomic E-state index is -0.0112. The van der Waals surface area contributed by atoms with Crippen LogP contribution in [-0.4, -0.2) is 12.5 Å². The van der Waals surface area contributed by atoms with E-state index in [4.69, 9.17) is 0 Å². The van der Waals surface area contributed by atoms with E-state index in [1.54, 1.807) is 0 Å². The molecule has 0 aliphatic heterocycles. The molecule has 1 amide bonds. The van der Waals surface area contributed by atoms with Crippen LogP contribution in [0.15, 0.2) is 54.6 Å². The summed E-state index contributed by atoms with van der Waals surface area (Å²) in [5, 5.41) is 6.11. The molecule has 0 saturated carbocycles. The lowest BCUT2D eigenvalue weighted by molar-refractivity contribution is -0.120. The maximum atomic E-state index is 11.9. The second-order valence-electron chi connectivity index (χ2n) is 4.92. The quantitative estimate of drug-likeness (QED) is 0.873. The highest BCUT2D eigenvalue weighted by atomic mass is 16.1. The van der Waals surface area contributed by atoms with Gasteiger partial charge in [0, 0.05) is 5.69 Å². The van der Waals surface area contributed by atoms with Gasteiger partial charge in [0.25, 0.3) is 0 Å². The Kier molecular flexibility index (Phi) is 4.77. The Bertz CT molecular complexity index is 566. The highest BCUT2D eigenvalue weighted by Gasteiger charge is 2.08. The Balaban J connectivity index is 1.84. The van der Waals surface area contributed by atoms with Gasteiger partial charge >= 0.3 is 0 Å². The smallest absolute Gasteiger partial charge is 0.239 e. The maximum Gasteiger partial charge on any atom is 0.239 e. The van der Waals surface area contributed by atoms with E-state index in [9.17, 15) is 4.79 Å². The molecule has 0 aromatic heterocycles. The second kappa shape index (κ2) is 6.75. The van der Waals surface area contributed by atoms with Gasteiger partial charge in [-0.15, -0.1) is 0 Å². The Morgan fingerprint density at radius 1 is 1.10 bits per heavy atom. The van der Waals surface area contributed by atoms with Gasteiger partial charge in [0.05, 0.1) is 12.6 Å². The molecule has 0 saturated heterocycles. The molecule has 2 aromatic rings. The first-order valence-electron chi connectivity index (χ1n) is 6.80. The Morgan fingerprint density at radius 2 is 1.85 bits per heavy atom. The Labute approximate surface area is 120 Å². The van der Waals surface area contributed by atoms with Gasteiger partial charge in [0.15, 0.2) is 0 Å². The van der Waals surface area contributed by atoms with Crippen molar-refractivity contribution in [1.82, 2.24) is 5.32 Å². The van der Waals surface area contributed by atoms with E-state index in [1.165, 1.54) is 5.56 Å². The number of rotatable bonds is 5. The lowest BCUT2D eigenvalue weighted by Crippen LogP contribution is -2.32. The van der Waals surface area contributed by atoms with Gasteiger partial charge in [-0.2, -0.15) is 0 Å². The van der Waals surface area contributed by atoms with Gasteiger partial charge in [-0.25, -0.2) is 0 Å². The number of carbonyl (C=O) groups is 1. The highest BCUT2D eigenvalue weighted by Crippen LogP contribution is 2.11. The molecule has 0 spiro atoms. The van der Waals surface area contributed by atoms with Crippen LogP contribution in [0.3, 0.4) is 0 Å². The molecule has 20 heavy (non-hydrogen) atoms. The molecule has 0 heterocycles. The van der Waals surface area contributed by atoms with Crippen molar-refractivity contribution < 1.29 is 4.79 Å². The zero-order valence-electron chi connectivity index (χ0n) is 11.9. The molecule has 1 unspecified atom stereocenters. The average molecular weight is 268 g/mol. The number of nitrogens with one attached hydrogen (secondary N) is 2. The third kappa shape index (κ3) is 4.12. The molecule has 0 fully saturated rings. The summed E-state index contributed by atoms with van der Waals surface area (Å²) < 4.78 is 0. The van der Waals surface area contributed by atoms with Crippen molar-refractivity contribution in [3.63, 3.8) is 0 Å². The summed E-state index contributed by atoms with van der Waals surface area (Å²) in [5.41, 5.74) is 3.25. The fourth-order valence-corrected chi connectivity index (χ4v) is 2.05. The molecule has 104 valence electrons. The van der Waals surface area contributed by atoms with Crippen molar-refractivity contribution in [1.29, 1.82) is 0 Å². The van der Waals surface area contributed by atoms with E-state index in [2.05, 4.69) is 10.6 Å². The topological polar surface area (TPSA) is 41.1 Å². The molecular weight excluding hydrogens is 248 g/mol. The molecule has 2 rings (SSSR count). The van der Waals surface area contributed by atoms with Crippen LogP contribution in [-0.2, 0) is 4.79 Å². The van der Waals surface area contributed by atoms with Crippen LogP contribution in [0.2, 0.25) is 0 Å². The van der Waals surface area contributed by atoms with Crippen molar-refractivity contribution >= 4 is 11.6 Å². The summed E-state index contributed by atoms with van der Waals surface area (Å²) in [4.78, 5) is 11.9. The minimum Gasteiger partial charge on any atom is -0.376 e. The summed E-state index contributed by atoms with van der Waals surface area (Å²) in [5.74, 6) is -0.0112. The monoisotopic (exact) mass is 268 g/mol. The van der Waals surface area contributed by atoms with Crippen LogP contribution in [0.25, 0.3) is 0 Å². The van der Waals surface area contributed by atoms with Crippen LogP contribution in [0.4, 0.5) is 5.69 Å². The van der Waals surface area contributed by atoms with Crippen LogP contribution in [0, 0.1) is 6.92 Å². The van der Waals surface area contributed by atoms with E-state index in [0.717, 1.165) is 11.3 Å². The van der Waals surface area contributed by atoms with E-state index >= 15 is 0 Å². The highest BCUT2D eigenvalue weighted by molar-refractivity contribution is 5.81. The summed E-state index contributed by atoms with van der Waals surface area (Å²) in [6.07, 6.45) is 0. The molecular formula is C17H20N2O. The predicted molar refractivity (Wildman–Crippen MR) is 82.7 cm³/mol. The first kappa shape index (κ1) is 14.1. The van der Waals surface area contributed by atoms with E-state index < -0.39 is 0 Å². The fourth-order valence-electron chi connectivity index (χ4n) is 2.05. The average Bonchev–Trinajstić information content (AvgIpc) is 2.46. The lowest BCUT2D eigenvalue weighted by atomic mass is 10.1. The molecule has 0 aliphatic carbocycles. The zero-order chi connectivity index (χ0) is 14.4. The molecule has 0 bridgehead atoms. The molecule has 0 radical (unpaired) electrons. The Morgan fingerprint density at radius 3 is 2.55 bits per heavy atom. The van der Waals surface area contributed by atoms with Gasteiger partial charge in [0.1, 0.15) is 0 Å². The van der Waals surface area contributed by atoms with E-state index in [1.807, 2.05) is 68.4 Å². The number of benzene rings is 2. The van der Waals surface area contributed by atoms with E-state index in [-0.39, 0.29) is 18.5 Å². The van der Waals surface area contributed by atoms with Crippen LogP contribution in [0.5, 0.6) is 0 Å². The summed E-state index contributed by atoms with van der Waals surface area (Å²) in [6.45, 7) is 4.29. The molecule has 0 aliphatic rings. The van der Waals surface area contributed by atoms with Crippen molar-refractivity contribution in [2.24, 2.45) is 0 Å². The third-order valence-corrected chi connectivity index (χ3v) is 3.15. The van der Waals surface area contributed by atoms with Gasteiger partial charge in [-0.1, -0.05) is 42.5 Å². The molecule has 3 heteroatoms. The maximum absolute atomic E-state index is 11.9. The second-order valence-corrected chi connectivity index (χ2v) is 4.92. The summed E-state index contributed by atoms with van der Waals surface area (Å²) >= 11 is 0. The van der Waals surface area contributed by atoms with E-state index in [0.29, 0.717) is 0 Å². The lowest BCUT2D eigenvalue weighted by Gasteiger charge is -2.15. The molecule has 2 N–H and O–H groups in total. The number of aryl methyl sites for hydroxylation is 1. The largest absolute Gasteiger partial charge is 0.376 e. The van der Waals surface area contributed by atoms with Crippen molar-refractivity contribution in [2.75, 3.05) is 11.9 Å². The van der Waals surface area contributed by atoms with Crippen molar-refractivity contribution in [2.45, 2.75) is 19.9 Å². The fraction of sp³-hybridized carbons (Fsp3) is 0.235. The number of carbonyl (C=O) groups excluding carboxylic acids is 1. The number of anilines is 1. The SMILES string of the molecule is Cc1cccc(NCC(=O)NC(C)c2ccccc2)c1. The zero-order valence-corrected chi connectivity index (χ0v) is 11.9. The normalized spacial score (nSPS) is 11.7. The third-order valence-electron chi connectivity index (χ3n) is 3.15. The van der Waals surface area contributed by atoms with Crippen molar-refractivity contribution in [3.05, 3.63) is 65.7 Å². The van der Waals surface area contributed by atoms with Gasteiger partial charge < -0.3 is 10.6 Å². The minimum absolute atomic E-state index is 0.0112. The molecule has 1 atom stereocenters. The van der Waals surface area contributed by atoms with Crippen LogP contribution in [0.1, 0.15) is 24.1 Å². The number of hydrogen-bond donors (Lipinski definition) is 2. The first-order valence-corrected chi connectivity index (χ1v) is 6.80. The molecule has 2 aromatic carbocycles. The van der Waals surface area contributed by atoms with Gasteiger partial charge in [-0.3, -0.25) is 4.79 Å². The first-order chi connectivity index (χ1) is 9.65. The summed E-state index contributed by atoms with van der Waals surface area (Å²) in [6, 6.07) is 17.9. The van der Waals surface area contributed by atoms with Crippen LogP contribution < -0.4 is 10.6 Å². The van der Waals surface area contributed by atoms with Gasteiger partial charge in [0.2, 0.25) is 5.91 Å². The predicted octanol–water partition coefficient (Wildman–Crippen LogP) is 3.28. The van der Waals surface area contributed by atoms with Gasteiger partial charge in [-0.05, 0) is 37.1 Å². The number of hydrogen-bond acceptors (Lipinski definition) is 2.